The average molecular weight is 444 g/mol. The first kappa shape index (κ1) is 22.1. The Morgan fingerprint density at radius 2 is 1.97 bits per heavy atom. The van der Waals surface area contributed by atoms with Crippen LogP contribution in [0.25, 0.3) is 16.8 Å². The number of ether oxygens (including phenoxy) is 1. The average Bonchev–Trinajstić information content (AvgIpc) is 3.32. The third-order valence-corrected chi connectivity index (χ3v) is 5.14. The molecule has 2 aromatic heterocycles. The minimum atomic E-state index is -0.697. The monoisotopic (exact) mass is 444 g/mol. The van der Waals surface area contributed by atoms with Crippen molar-refractivity contribution in [1.29, 1.82) is 0 Å². The van der Waals surface area contributed by atoms with Gasteiger partial charge in [0.1, 0.15) is 5.75 Å². The van der Waals surface area contributed by atoms with Crippen molar-refractivity contribution in [1.82, 2.24) is 30.5 Å². The lowest BCUT2D eigenvalue weighted by Gasteiger charge is -2.17. The quantitative estimate of drug-likeness (QED) is 0.449. The number of nitrogens with zero attached hydrogens (tertiary/aromatic N) is 5. The maximum absolute atomic E-state index is 12.7. The minimum absolute atomic E-state index is 0.292. The maximum Gasteiger partial charge on any atom is 0.413 e. The largest absolute Gasteiger partial charge is 0.413 e. The molecule has 33 heavy (non-hydrogen) atoms. The van der Waals surface area contributed by atoms with Crippen LogP contribution < -0.4 is 10.1 Å². The van der Waals surface area contributed by atoms with Gasteiger partial charge < -0.3 is 15.2 Å². The molecule has 0 spiro atoms. The molecule has 0 saturated carbocycles. The fourth-order valence-electron chi connectivity index (χ4n) is 3.40. The molecule has 0 saturated heterocycles. The Labute approximate surface area is 191 Å². The zero-order chi connectivity index (χ0) is 23.2. The molecule has 1 atom stereocenters. The predicted octanol–water partition coefficient (Wildman–Crippen LogP) is 3.42. The van der Waals surface area contributed by atoms with Gasteiger partial charge in [0, 0.05) is 24.9 Å². The summed E-state index contributed by atoms with van der Waals surface area (Å²) in [7, 11) is 0. The van der Waals surface area contributed by atoms with E-state index in [9.17, 15) is 9.90 Å². The smallest absolute Gasteiger partial charge is 0.410 e. The van der Waals surface area contributed by atoms with E-state index in [1.807, 2.05) is 44.2 Å². The molecule has 2 N–H and O–H groups in total. The molecule has 0 aliphatic carbocycles. The van der Waals surface area contributed by atoms with E-state index in [-0.39, 0.29) is 6.61 Å². The van der Waals surface area contributed by atoms with E-state index in [1.165, 1.54) is 0 Å². The van der Waals surface area contributed by atoms with Crippen molar-refractivity contribution in [2.45, 2.75) is 26.3 Å². The molecule has 9 heteroatoms. The van der Waals surface area contributed by atoms with E-state index in [0.717, 1.165) is 16.7 Å². The Hall–Kier alpha value is -4.11. The summed E-state index contributed by atoms with van der Waals surface area (Å²) in [5.41, 5.74) is 4.29. The minimum Gasteiger partial charge on any atom is -0.410 e. The number of tetrazole rings is 1. The van der Waals surface area contributed by atoms with Gasteiger partial charge in [-0.05, 0) is 52.2 Å². The first-order valence-corrected chi connectivity index (χ1v) is 10.6. The van der Waals surface area contributed by atoms with Crippen LogP contribution in [0, 0.1) is 6.92 Å². The van der Waals surface area contributed by atoms with Crippen molar-refractivity contribution in [3.05, 3.63) is 83.9 Å². The number of aliphatic hydroxyl groups is 1. The zero-order valence-electron chi connectivity index (χ0n) is 18.3. The second kappa shape index (κ2) is 10.0. The molecule has 0 bridgehead atoms. The fraction of sp³-hybridized carbons (Fsp3) is 0.208. The van der Waals surface area contributed by atoms with Crippen LogP contribution in [0.5, 0.6) is 5.75 Å². The molecule has 168 valence electrons. The van der Waals surface area contributed by atoms with Gasteiger partial charge in [0.25, 0.3) is 0 Å². The second-order valence-electron chi connectivity index (χ2n) is 7.50. The van der Waals surface area contributed by atoms with Gasteiger partial charge in [0.05, 0.1) is 18.3 Å². The van der Waals surface area contributed by atoms with Gasteiger partial charge >= 0.3 is 6.09 Å². The fourth-order valence-corrected chi connectivity index (χ4v) is 3.40. The molecule has 0 aliphatic rings. The third kappa shape index (κ3) is 5.21. The van der Waals surface area contributed by atoms with Gasteiger partial charge in [-0.2, -0.15) is 4.68 Å². The van der Waals surface area contributed by atoms with Crippen LogP contribution in [0.15, 0.2) is 67.0 Å². The van der Waals surface area contributed by atoms with Crippen LogP contribution >= 0.6 is 0 Å². The molecular weight excluding hydrogens is 420 g/mol. The lowest BCUT2D eigenvalue weighted by molar-refractivity contribution is 0.183. The highest BCUT2D eigenvalue weighted by atomic mass is 16.6. The Morgan fingerprint density at radius 1 is 1.15 bits per heavy atom. The predicted molar refractivity (Wildman–Crippen MR) is 122 cm³/mol. The van der Waals surface area contributed by atoms with Gasteiger partial charge in [-0.3, -0.25) is 4.98 Å². The first-order chi connectivity index (χ1) is 16.1. The van der Waals surface area contributed by atoms with Crippen LogP contribution in [0.2, 0.25) is 0 Å². The number of hydrogen-bond acceptors (Lipinski definition) is 7. The maximum atomic E-state index is 12.7. The molecule has 2 aromatic carbocycles. The zero-order valence-corrected chi connectivity index (χ0v) is 18.3. The molecule has 2 heterocycles. The molecule has 4 rings (SSSR count). The molecule has 0 fully saturated rings. The molecule has 4 aromatic rings. The normalized spacial score (nSPS) is 11.7. The van der Waals surface area contributed by atoms with Gasteiger partial charge in [-0.25, -0.2) is 4.79 Å². The number of aliphatic hydroxyl groups excluding tert-OH is 1. The summed E-state index contributed by atoms with van der Waals surface area (Å²) in [6.07, 6.45) is 3.15. The summed E-state index contributed by atoms with van der Waals surface area (Å²) >= 11 is 0. The van der Waals surface area contributed by atoms with E-state index in [4.69, 9.17) is 4.74 Å². The Bertz CT molecular complexity index is 1220. The van der Waals surface area contributed by atoms with Crippen molar-refractivity contribution < 1.29 is 14.6 Å². The lowest BCUT2D eigenvalue weighted by Crippen LogP contribution is -2.33. The van der Waals surface area contributed by atoms with Crippen LogP contribution in [-0.2, 0) is 6.42 Å². The van der Waals surface area contributed by atoms with Crippen molar-refractivity contribution in [2.75, 3.05) is 6.61 Å². The van der Waals surface area contributed by atoms with Crippen LogP contribution in [-0.4, -0.2) is 43.0 Å². The number of carbonyl (C=O) groups is 1. The molecule has 1 unspecified atom stereocenters. The summed E-state index contributed by atoms with van der Waals surface area (Å²) in [6.45, 7) is 3.69. The molecule has 9 nitrogen and oxygen atoms in total. The third-order valence-electron chi connectivity index (χ3n) is 5.14. The highest BCUT2D eigenvalue weighted by molar-refractivity contribution is 5.74. The second-order valence-corrected chi connectivity index (χ2v) is 7.50. The number of aromatic nitrogens is 5. The summed E-state index contributed by atoms with van der Waals surface area (Å²) in [5, 5.41) is 24.3. The van der Waals surface area contributed by atoms with Crippen LogP contribution in [0.1, 0.15) is 29.9 Å². The van der Waals surface area contributed by atoms with Gasteiger partial charge in [-0.15, -0.1) is 5.10 Å². The number of amides is 1. The first-order valence-electron chi connectivity index (χ1n) is 10.6. The molecule has 0 radical (unpaired) electrons. The number of benzene rings is 2. The van der Waals surface area contributed by atoms with E-state index < -0.39 is 12.1 Å². The van der Waals surface area contributed by atoms with Gasteiger partial charge in [0.15, 0.2) is 5.82 Å². The van der Waals surface area contributed by atoms with E-state index >= 15 is 0 Å². The SMILES string of the molecule is CCc1nnnn1-c1cc(OC(=O)NC(CO)c2cccnc2)cc(-c2ccc(C)cc2)c1. The standard InChI is InChI=1S/C24H24N6O3/c1-3-23-27-28-29-30(23)20-11-19(17-8-6-16(2)7-9-17)12-21(13-20)33-24(32)26-22(15-31)18-5-4-10-25-14-18/h4-14,22,31H,3,15H2,1-2H3,(H,26,32). The number of hydrogen-bond donors (Lipinski definition) is 2. The van der Waals surface area contributed by atoms with Crippen LogP contribution in [0.4, 0.5) is 4.79 Å². The topological polar surface area (TPSA) is 115 Å². The summed E-state index contributed by atoms with van der Waals surface area (Å²) in [5.74, 6) is 1.00. The molecule has 0 aliphatic heterocycles. The Morgan fingerprint density at radius 3 is 2.67 bits per heavy atom. The van der Waals surface area contributed by atoms with Crippen molar-refractivity contribution >= 4 is 6.09 Å². The summed E-state index contributed by atoms with van der Waals surface area (Å²) < 4.78 is 7.22. The Kier molecular flexibility index (Phi) is 6.70. The molecule has 1 amide bonds. The van der Waals surface area contributed by atoms with E-state index in [2.05, 4.69) is 25.8 Å². The van der Waals surface area contributed by atoms with Gasteiger partial charge in [0.2, 0.25) is 0 Å². The molecular formula is C24H24N6O3. The number of pyridine rings is 1. The number of nitrogens with one attached hydrogen (secondary N) is 1. The summed E-state index contributed by atoms with van der Waals surface area (Å²) in [6, 6.07) is 16.3. The summed E-state index contributed by atoms with van der Waals surface area (Å²) in [4.78, 5) is 16.7. The van der Waals surface area contributed by atoms with Crippen molar-refractivity contribution in [3.63, 3.8) is 0 Å². The highest BCUT2D eigenvalue weighted by Gasteiger charge is 2.17. The number of rotatable bonds is 7. The lowest BCUT2D eigenvalue weighted by atomic mass is 10.0. The van der Waals surface area contributed by atoms with E-state index in [0.29, 0.717) is 29.2 Å². The van der Waals surface area contributed by atoms with Gasteiger partial charge in [-0.1, -0.05) is 42.8 Å². The van der Waals surface area contributed by atoms with E-state index in [1.54, 1.807) is 41.3 Å². The van der Waals surface area contributed by atoms with Crippen molar-refractivity contribution in [2.24, 2.45) is 0 Å². The van der Waals surface area contributed by atoms with Crippen LogP contribution in [0.3, 0.4) is 0 Å². The number of carbonyl (C=O) groups excluding carboxylic acids is 1. The Balaban J connectivity index is 1.65. The van der Waals surface area contributed by atoms with Crippen molar-refractivity contribution in [3.8, 4) is 22.6 Å². The highest BCUT2D eigenvalue weighted by Crippen LogP contribution is 2.29. The number of aryl methyl sites for hydroxylation is 2.